The lowest BCUT2D eigenvalue weighted by molar-refractivity contribution is 0.414. The molecule has 0 fully saturated rings. The Bertz CT molecular complexity index is 337. The van der Waals surface area contributed by atoms with Crippen LogP contribution in [0.25, 0.3) is 0 Å². The van der Waals surface area contributed by atoms with Gasteiger partial charge in [0.15, 0.2) is 0 Å². The standard InChI is InChI=1S/C14H19NO/c1-4-10-15-13(5-2)11-12-6-8-14(16-3)9-7-12/h2,6-9,13,15H,4,10-11H2,1,3H3. The lowest BCUT2D eigenvalue weighted by Gasteiger charge is -2.12. The number of ether oxygens (including phenoxy) is 1. The normalized spacial score (nSPS) is 11.8. The Morgan fingerprint density at radius 1 is 1.38 bits per heavy atom. The summed E-state index contributed by atoms with van der Waals surface area (Å²) in [4.78, 5) is 0. The Labute approximate surface area is 98.0 Å². The van der Waals surface area contributed by atoms with E-state index in [9.17, 15) is 0 Å². The predicted octanol–water partition coefficient (Wildman–Crippen LogP) is 2.24. The molecule has 1 rings (SSSR count). The number of rotatable bonds is 6. The average Bonchev–Trinajstić information content (AvgIpc) is 2.35. The first-order chi connectivity index (χ1) is 7.80. The monoisotopic (exact) mass is 217 g/mol. The van der Waals surface area contributed by atoms with Crippen LogP contribution in [0.1, 0.15) is 18.9 Å². The van der Waals surface area contributed by atoms with E-state index in [1.807, 2.05) is 12.1 Å². The SMILES string of the molecule is C#CC(Cc1ccc(OC)cc1)NCCC. The van der Waals surface area contributed by atoms with Crippen molar-refractivity contribution in [2.45, 2.75) is 25.8 Å². The number of hydrogen-bond acceptors (Lipinski definition) is 2. The molecular formula is C14H19NO. The van der Waals surface area contributed by atoms with Crippen LogP contribution in [0.3, 0.4) is 0 Å². The fraction of sp³-hybridized carbons (Fsp3) is 0.429. The van der Waals surface area contributed by atoms with Crippen molar-refractivity contribution < 1.29 is 4.74 Å². The molecule has 1 aromatic rings. The molecule has 0 amide bonds. The molecule has 2 nitrogen and oxygen atoms in total. The Kier molecular flexibility index (Phi) is 5.45. The highest BCUT2D eigenvalue weighted by Gasteiger charge is 2.04. The van der Waals surface area contributed by atoms with Gasteiger partial charge in [0.25, 0.3) is 0 Å². The third-order valence-electron chi connectivity index (χ3n) is 2.44. The summed E-state index contributed by atoms with van der Waals surface area (Å²) in [7, 11) is 1.67. The maximum absolute atomic E-state index is 5.48. The molecule has 0 aliphatic rings. The molecule has 1 unspecified atom stereocenters. The minimum atomic E-state index is 0.119. The second-order valence-electron chi connectivity index (χ2n) is 3.73. The highest BCUT2D eigenvalue weighted by molar-refractivity contribution is 5.28. The zero-order valence-corrected chi connectivity index (χ0v) is 9.99. The minimum absolute atomic E-state index is 0.119. The molecule has 0 aliphatic carbocycles. The number of terminal acetylenes is 1. The molecule has 0 saturated carbocycles. The third-order valence-corrected chi connectivity index (χ3v) is 2.44. The molecule has 1 atom stereocenters. The van der Waals surface area contributed by atoms with Crippen LogP contribution in [0, 0.1) is 12.3 Å². The second-order valence-corrected chi connectivity index (χ2v) is 3.73. The Morgan fingerprint density at radius 2 is 2.06 bits per heavy atom. The topological polar surface area (TPSA) is 21.3 Å². The highest BCUT2D eigenvalue weighted by atomic mass is 16.5. The molecule has 16 heavy (non-hydrogen) atoms. The molecule has 0 radical (unpaired) electrons. The van der Waals surface area contributed by atoms with Gasteiger partial charge in [0, 0.05) is 0 Å². The van der Waals surface area contributed by atoms with Crippen molar-refractivity contribution in [1.82, 2.24) is 5.32 Å². The van der Waals surface area contributed by atoms with E-state index in [0.717, 1.165) is 25.1 Å². The zero-order valence-electron chi connectivity index (χ0n) is 9.99. The van der Waals surface area contributed by atoms with E-state index in [4.69, 9.17) is 11.2 Å². The Morgan fingerprint density at radius 3 is 2.56 bits per heavy atom. The van der Waals surface area contributed by atoms with Crippen molar-refractivity contribution in [2.75, 3.05) is 13.7 Å². The van der Waals surface area contributed by atoms with Crippen molar-refractivity contribution in [3.05, 3.63) is 29.8 Å². The summed E-state index contributed by atoms with van der Waals surface area (Å²) in [5.74, 6) is 3.65. The van der Waals surface area contributed by atoms with Gasteiger partial charge in [-0.2, -0.15) is 0 Å². The quantitative estimate of drug-likeness (QED) is 0.738. The van der Waals surface area contributed by atoms with E-state index in [1.165, 1.54) is 5.56 Å². The van der Waals surface area contributed by atoms with Gasteiger partial charge in [-0.3, -0.25) is 0 Å². The predicted molar refractivity (Wildman–Crippen MR) is 67.6 cm³/mol. The minimum Gasteiger partial charge on any atom is -0.497 e. The Balaban J connectivity index is 2.53. The molecule has 0 bridgehead atoms. The van der Waals surface area contributed by atoms with Crippen LogP contribution < -0.4 is 10.1 Å². The van der Waals surface area contributed by atoms with Crippen molar-refractivity contribution in [2.24, 2.45) is 0 Å². The summed E-state index contributed by atoms with van der Waals surface area (Å²) in [5, 5.41) is 3.33. The van der Waals surface area contributed by atoms with Gasteiger partial charge < -0.3 is 10.1 Å². The maximum atomic E-state index is 5.48. The smallest absolute Gasteiger partial charge is 0.118 e. The molecule has 0 spiro atoms. The van der Waals surface area contributed by atoms with Crippen LogP contribution in [0.2, 0.25) is 0 Å². The van der Waals surface area contributed by atoms with E-state index >= 15 is 0 Å². The van der Waals surface area contributed by atoms with Gasteiger partial charge in [0.2, 0.25) is 0 Å². The van der Waals surface area contributed by atoms with Crippen molar-refractivity contribution in [3.63, 3.8) is 0 Å². The zero-order chi connectivity index (χ0) is 11.8. The fourth-order valence-corrected chi connectivity index (χ4v) is 1.51. The number of benzene rings is 1. The number of hydrogen-bond donors (Lipinski definition) is 1. The molecule has 1 N–H and O–H groups in total. The van der Waals surface area contributed by atoms with Crippen LogP contribution in [-0.4, -0.2) is 19.7 Å². The summed E-state index contributed by atoms with van der Waals surface area (Å²) in [5.41, 5.74) is 1.23. The van der Waals surface area contributed by atoms with Crippen molar-refractivity contribution in [3.8, 4) is 18.1 Å². The van der Waals surface area contributed by atoms with Gasteiger partial charge in [-0.25, -0.2) is 0 Å². The number of methoxy groups -OCH3 is 1. The lowest BCUT2D eigenvalue weighted by Crippen LogP contribution is -2.30. The van der Waals surface area contributed by atoms with Gasteiger partial charge in [0.05, 0.1) is 13.2 Å². The van der Waals surface area contributed by atoms with Crippen molar-refractivity contribution >= 4 is 0 Å². The highest BCUT2D eigenvalue weighted by Crippen LogP contribution is 2.12. The largest absolute Gasteiger partial charge is 0.497 e. The summed E-state index contributed by atoms with van der Waals surface area (Å²) in [6.07, 6.45) is 7.44. The van der Waals surface area contributed by atoms with Crippen LogP contribution in [0.5, 0.6) is 5.75 Å². The molecule has 0 aliphatic heterocycles. The van der Waals surface area contributed by atoms with Gasteiger partial charge in [-0.15, -0.1) is 6.42 Å². The lowest BCUT2D eigenvalue weighted by atomic mass is 10.1. The van der Waals surface area contributed by atoms with E-state index in [2.05, 4.69) is 30.3 Å². The first kappa shape index (κ1) is 12.6. The summed E-state index contributed by atoms with van der Waals surface area (Å²) >= 11 is 0. The first-order valence-corrected chi connectivity index (χ1v) is 5.62. The van der Waals surface area contributed by atoms with Crippen LogP contribution >= 0.6 is 0 Å². The second kappa shape index (κ2) is 6.92. The molecule has 0 aromatic heterocycles. The molecule has 86 valence electrons. The Hall–Kier alpha value is -1.46. The van der Waals surface area contributed by atoms with Crippen LogP contribution in [0.15, 0.2) is 24.3 Å². The summed E-state index contributed by atoms with van der Waals surface area (Å²) in [6, 6.07) is 8.15. The van der Waals surface area contributed by atoms with Crippen LogP contribution in [0.4, 0.5) is 0 Å². The van der Waals surface area contributed by atoms with E-state index in [0.29, 0.717) is 0 Å². The average molecular weight is 217 g/mol. The summed E-state index contributed by atoms with van der Waals surface area (Å²) in [6.45, 7) is 3.10. The first-order valence-electron chi connectivity index (χ1n) is 5.62. The van der Waals surface area contributed by atoms with Gasteiger partial charge in [-0.1, -0.05) is 25.0 Å². The van der Waals surface area contributed by atoms with Crippen molar-refractivity contribution in [1.29, 1.82) is 0 Å². The van der Waals surface area contributed by atoms with Gasteiger partial charge in [-0.05, 0) is 37.1 Å². The van der Waals surface area contributed by atoms with Crippen LogP contribution in [-0.2, 0) is 6.42 Å². The van der Waals surface area contributed by atoms with Gasteiger partial charge in [0.1, 0.15) is 5.75 Å². The van der Waals surface area contributed by atoms with E-state index in [-0.39, 0.29) is 6.04 Å². The molecule has 0 heterocycles. The third kappa shape index (κ3) is 3.96. The fourth-order valence-electron chi connectivity index (χ4n) is 1.51. The summed E-state index contributed by atoms with van der Waals surface area (Å²) < 4.78 is 5.11. The molecule has 2 heteroatoms. The molecule has 1 aromatic carbocycles. The van der Waals surface area contributed by atoms with Gasteiger partial charge >= 0.3 is 0 Å². The van der Waals surface area contributed by atoms with E-state index in [1.54, 1.807) is 7.11 Å². The maximum Gasteiger partial charge on any atom is 0.118 e. The number of nitrogens with one attached hydrogen (secondary N) is 1. The molecule has 0 saturated heterocycles. The van der Waals surface area contributed by atoms with E-state index < -0.39 is 0 Å². The molecular weight excluding hydrogens is 198 g/mol.